The smallest absolute Gasteiger partial charge is 0.163 e. The van der Waals surface area contributed by atoms with Crippen LogP contribution in [0.1, 0.15) is 16.0 Å². The molecule has 1 saturated heterocycles. The highest BCUT2D eigenvalue weighted by Gasteiger charge is 2.22. The van der Waals surface area contributed by atoms with Crippen molar-refractivity contribution in [3.05, 3.63) is 101 Å². The predicted octanol–water partition coefficient (Wildman–Crippen LogP) is 7.70. The fourth-order valence-corrected chi connectivity index (χ4v) is 7.94. The molecule has 0 spiro atoms. The van der Waals surface area contributed by atoms with Gasteiger partial charge in [-0.2, -0.15) is 0 Å². The van der Waals surface area contributed by atoms with Crippen LogP contribution in [0.4, 0.5) is 10.2 Å². The minimum absolute atomic E-state index is 0.412. The molecule has 1 aliphatic rings. The summed E-state index contributed by atoms with van der Waals surface area (Å²) in [7, 11) is -1.54. The number of benzene rings is 3. The zero-order chi connectivity index (χ0) is 30.2. The largest absolute Gasteiger partial charge is 0.378 e. The standard InChI is InChI=1S/C33H29FN4O3S3/c1-21-3-7-24(8-4-21)43-41-20-25-19-29-31(42-25)33(37-13-15-40-16-14-37)36-32(35-29)28-17-23(34)18-30-27(28)11-12-38(30)44(39)26-9-5-22(2)6-10-26/h3-12,17-19H,13-16,20H2,1-2H3. The molecule has 6 aromatic rings. The molecule has 3 aromatic heterocycles. The van der Waals surface area contributed by atoms with E-state index in [1.165, 1.54) is 29.7 Å². The van der Waals surface area contributed by atoms with Crippen LogP contribution in [0.5, 0.6) is 0 Å². The van der Waals surface area contributed by atoms with Gasteiger partial charge in [-0.1, -0.05) is 35.4 Å². The van der Waals surface area contributed by atoms with Gasteiger partial charge in [-0.3, -0.25) is 3.97 Å². The number of thiophene rings is 1. The molecule has 224 valence electrons. The van der Waals surface area contributed by atoms with Gasteiger partial charge in [0, 0.05) is 52.1 Å². The summed E-state index contributed by atoms with van der Waals surface area (Å²) in [4.78, 5) is 14.9. The first-order valence-corrected chi connectivity index (χ1v) is 16.9. The molecule has 1 atom stereocenters. The van der Waals surface area contributed by atoms with Gasteiger partial charge in [0.1, 0.15) is 5.82 Å². The van der Waals surface area contributed by atoms with E-state index < -0.39 is 16.8 Å². The SMILES string of the molecule is Cc1ccc(SOCc2cc3nc(-c4cc(F)cc5c4ccn5S(=O)c4ccc(C)cc4)nc(N4CCOCC4)c3s2)cc1. The Morgan fingerprint density at radius 1 is 0.977 bits per heavy atom. The van der Waals surface area contributed by atoms with Crippen LogP contribution in [0.25, 0.3) is 32.5 Å². The molecule has 0 N–H and O–H groups in total. The average molecular weight is 645 g/mol. The van der Waals surface area contributed by atoms with Gasteiger partial charge in [0.25, 0.3) is 0 Å². The second-order valence-electron chi connectivity index (χ2n) is 10.6. The molecule has 4 heterocycles. The first kappa shape index (κ1) is 29.1. The maximum atomic E-state index is 15.2. The summed E-state index contributed by atoms with van der Waals surface area (Å²) in [5, 5.41) is 0.729. The molecule has 0 radical (unpaired) electrons. The Morgan fingerprint density at radius 3 is 2.45 bits per heavy atom. The maximum absolute atomic E-state index is 15.2. The van der Waals surface area contributed by atoms with E-state index >= 15 is 4.39 Å². The molecular formula is C33H29FN4O3S3. The molecule has 11 heteroatoms. The first-order chi connectivity index (χ1) is 21.4. The Kier molecular flexibility index (Phi) is 8.21. The van der Waals surface area contributed by atoms with Crippen molar-refractivity contribution in [1.82, 2.24) is 13.9 Å². The van der Waals surface area contributed by atoms with Crippen LogP contribution in [0, 0.1) is 19.7 Å². The van der Waals surface area contributed by atoms with E-state index in [1.54, 1.807) is 21.5 Å². The summed E-state index contributed by atoms with van der Waals surface area (Å²) in [6, 6.07) is 22.5. The molecule has 0 aliphatic carbocycles. The van der Waals surface area contributed by atoms with Gasteiger partial charge in [0.05, 0.1) is 40.4 Å². The third-order valence-corrected chi connectivity index (χ3v) is 10.6. The summed E-state index contributed by atoms with van der Waals surface area (Å²) in [5.41, 5.74) is 4.13. The molecule has 1 unspecified atom stereocenters. The van der Waals surface area contributed by atoms with Crippen molar-refractivity contribution in [3.8, 4) is 11.4 Å². The fourth-order valence-electron chi connectivity index (χ4n) is 5.18. The fraction of sp³-hybridized carbons (Fsp3) is 0.212. The lowest BCUT2D eigenvalue weighted by molar-refractivity contribution is 0.122. The van der Waals surface area contributed by atoms with Crippen molar-refractivity contribution in [1.29, 1.82) is 0 Å². The predicted molar refractivity (Wildman–Crippen MR) is 176 cm³/mol. The van der Waals surface area contributed by atoms with Gasteiger partial charge >= 0.3 is 0 Å². The number of anilines is 1. The van der Waals surface area contributed by atoms with Gasteiger partial charge in [-0.15, -0.1) is 11.3 Å². The molecule has 3 aromatic carbocycles. The lowest BCUT2D eigenvalue weighted by Crippen LogP contribution is -2.36. The van der Waals surface area contributed by atoms with Crippen LogP contribution in [0.3, 0.4) is 0 Å². The molecule has 1 aliphatic heterocycles. The molecule has 0 bridgehead atoms. The third-order valence-electron chi connectivity index (χ3n) is 7.47. The van der Waals surface area contributed by atoms with E-state index in [0.717, 1.165) is 36.8 Å². The normalized spacial score (nSPS) is 14.5. The van der Waals surface area contributed by atoms with Crippen LogP contribution >= 0.6 is 23.4 Å². The number of morpholine rings is 1. The molecule has 1 fully saturated rings. The minimum Gasteiger partial charge on any atom is -0.378 e. The second kappa shape index (κ2) is 12.4. The third kappa shape index (κ3) is 5.90. The highest BCUT2D eigenvalue weighted by Crippen LogP contribution is 2.38. The van der Waals surface area contributed by atoms with E-state index in [0.29, 0.717) is 54.7 Å². The number of aryl methyl sites for hydroxylation is 2. The van der Waals surface area contributed by atoms with Crippen molar-refractivity contribution in [2.24, 2.45) is 0 Å². The number of nitrogens with zero attached hydrogens (tertiary/aromatic N) is 4. The van der Waals surface area contributed by atoms with Gasteiger partial charge in [0.15, 0.2) is 22.6 Å². The van der Waals surface area contributed by atoms with E-state index in [-0.39, 0.29) is 0 Å². The quantitative estimate of drug-likeness (QED) is 0.157. The number of fused-ring (bicyclic) bond motifs is 2. The number of hydrogen-bond acceptors (Lipinski definition) is 8. The zero-order valence-corrected chi connectivity index (χ0v) is 26.6. The summed E-state index contributed by atoms with van der Waals surface area (Å²) in [6.45, 7) is 7.06. The maximum Gasteiger partial charge on any atom is 0.163 e. The Balaban J connectivity index is 1.27. The second-order valence-corrected chi connectivity index (χ2v) is 14.0. The average Bonchev–Trinajstić information content (AvgIpc) is 3.65. The molecule has 44 heavy (non-hydrogen) atoms. The number of ether oxygens (including phenoxy) is 1. The van der Waals surface area contributed by atoms with Crippen molar-refractivity contribution in [2.45, 2.75) is 30.2 Å². The zero-order valence-electron chi connectivity index (χ0n) is 24.2. The molecular weight excluding hydrogens is 616 g/mol. The van der Waals surface area contributed by atoms with Crippen molar-refractivity contribution >= 4 is 61.3 Å². The lowest BCUT2D eigenvalue weighted by Gasteiger charge is -2.28. The van der Waals surface area contributed by atoms with Crippen LogP contribution in [-0.4, -0.2) is 44.5 Å². The summed E-state index contributed by atoms with van der Waals surface area (Å²) < 4.78 is 42.9. The van der Waals surface area contributed by atoms with Crippen molar-refractivity contribution in [3.63, 3.8) is 0 Å². The van der Waals surface area contributed by atoms with Crippen LogP contribution < -0.4 is 4.90 Å². The monoisotopic (exact) mass is 644 g/mol. The summed E-state index contributed by atoms with van der Waals surface area (Å²) in [6.07, 6.45) is 1.73. The van der Waals surface area contributed by atoms with E-state index in [1.807, 2.05) is 55.5 Å². The van der Waals surface area contributed by atoms with Gasteiger partial charge < -0.3 is 13.8 Å². The van der Waals surface area contributed by atoms with Crippen LogP contribution in [0.2, 0.25) is 0 Å². The van der Waals surface area contributed by atoms with E-state index in [4.69, 9.17) is 18.9 Å². The Morgan fingerprint density at radius 2 is 1.70 bits per heavy atom. The number of rotatable bonds is 8. The van der Waals surface area contributed by atoms with Crippen LogP contribution in [0.15, 0.2) is 88.8 Å². The van der Waals surface area contributed by atoms with Crippen molar-refractivity contribution < 1.29 is 17.5 Å². The Labute approximate surface area is 265 Å². The first-order valence-electron chi connectivity index (χ1n) is 14.2. The number of aromatic nitrogens is 3. The van der Waals surface area contributed by atoms with E-state index in [2.05, 4.69) is 24.0 Å². The highest BCUT2D eigenvalue weighted by molar-refractivity contribution is 7.94. The minimum atomic E-state index is -1.54. The number of halogens is 1. The van der Waals surface area contributed by atoms with E-state index in [9.17, 15) is 4.21 Å². The Bertz CT molecular complexity index is 1980. The van der Waals surface area contributed by atoms with Gasteiger partial charge in [-0.25, -0.2) is 18.6 Å². The van der Waals surface area contributed by atoms with Gasteiger partial charge in [-0.05, 0) is 62.4 Å². The highest BCUT2D eigenvalue weighted by atomic mass is 32.2. The molecule has 0 amide bonds. The number of hydrogen-bond donors (Lipinski definition) is 0. The van der Waals surface area contributed by atoms with Crippen molar-refractivity contribution in [2.75, 3.05) is 31.2 Å². The molecule has 0 saturated carbocycles. The molecule has 7 nitrogen and oxygen atoms in total. The topological polar surface area (TPSA) is 69.5 Å². The Hall–Kier alpha value is -3.61. The summed E-state index contributed by atoms with van der Waals surface area (Å²) >= 11 is 2.96. The lowest BCUT2D eigenvalue weighted by atomic mass is 10.1. The van der Waals surface area contributed by atoms with Gasteiger partial charge in [0.2, 0.25) is 0 Å². The van der Waals surface area contributed by atoms with Crippen LogP contribution in [-0.2, 0) is 26.5 Å². The summed E-state index contributed by atoms with van der Waals surface area (Å²) in [5.74, 6) is 0.773. The molecule has 7 rings (SSSR count).